The molecule has 13 heavy (non-hydrogen) atoms. The molecule has 1 aliphatic carbocycles. The van der Waals surface area contributed by atoms with Crippen LogP contribution in [0.15, 0.2) is 12.3 Å². The van der Waals surface area contributed by atoms with Gasteiger partial charge in [0.15, 0.2) is 11.6 Å². The highest BCUT2D eigenvalue weighted by molar-refractivity contribution is 5.40. The summed E-state index contributed by atoms with van der Waals surface area (Å²) in [7, 11) is 1.74. The van der Waals surface area contributed by atoms with Crippen LogP contribution in [0.5, 0.6) is 5.75 Å². The first-order valence-electron chi connectivity index (χ1n) is 4.29. The maximum atomic E-state index is 13.1. The second kappa shape index (κ2) is 3.20. The van der Waals surface area contributed by atoms with E-state index in [4.69, 9.17) is 4.74 Å². The van der Waals surface area contributed by atoms with E-state index in [1.165, 1.54) is 6.20 Å². The molecule has 1 N–H and O–H groups in total. The standard InChI is InChI=1S/C9H11FN2O/c1-11-9-4-8(7(10)5-12-9)13-6-2-3-6/h4-6H,2-3H2,1H3,(H,11,12). The Hall–Kier alpha value is -1.32. The lowest BCUT2D eigenvalue weighted by atomic mass is 10.4. The summed E-state index contributed by atoms with van der Waals surface area (Å²) < 4.78 is 18.4. The molecule has 1 aromatic rings. The van der Waals surface area contributed by atoms with Crippen molar-refractivity contribution in [1.29, 1.82) is 0 Å². The lowest BCUT2D eigenvalue weighted by Gasteiger charge is -2.06. The van der Waals surface area contributed by atoms with Gasteiger partial charge in [-0.3, -0.25) is 0 Å². The maximum Gasteiger partial charge on any atom is 0.183 e. The predicted octanol–water partition coefficient (Wildman–Crippen LogP) is 1.80. The maximum absolute atomic E-state index is 13.1. The van der Waals surface area contributed by atoms with Crippen molar-refractivity contribution in [2.24, 2.45) is 0 Å². The number of nitrogens with zero attached hydrogens (tertiary/aromatic N) is 1. The Kier molecular flexibility index (Phi) is 2.04. The second-order valence-corrected chi connectivity index (χ2v) is 3.07. The molecule has 0 saturated heterocycles. The lowest BCUT2D eigenvalue weighted by molar-refractivity contribution is 0.287. The van der Waals surface area contributed by atoms with Crippen LogP contribution in [-0.4, -0.2) is 18.1 Å². The van der Waals surface area contributed by atoms with E-state index in [1.807, 2.05) is 0 Å². The molecule has 1 saturated carbocycles. The minimum absolute atomic E-state index is 0.210. The lowest BCUT2D eigenvalue weighted by Crippen LogP contribution is -2.01. The van der Waals surface area contributed by atoms with Gasteiger partial charge in [-0.05, 0) is 12.8 Å². The fourth-order valence-corrected chi connectivity index (χ4v) is 1.01. The van der Waals surface area contributed by atoms with E-state index in [-0.39, 0.29) is 6.10 Å². The Bertz CT molecular complexity index is 312. The van der Waals surface area contributed by atoms with Gasteiger partial charge in [0.05, 0.1) is 12.3 Å². The number of nitrogens with one attached hydrogen (secondary N) is 1. The number of anilines is 1. The van der Waals surface area contributed by atoms with Gasteiger partial charge in [0, 0.05) is 13.1 Å². The van der Waals surface area contributed by atoms with Gasteiger partial charge in [-0.2, -0.15) is 0 Å². The highest BCUT2D eigenvalue weighted by Crippen LogP contribution is 2.29. The number of halogens is 1. The van der Waals surface area contributed by atoms with E-state index in [0.717, 1.165) is 12.8 Å². The van der Waals surface area contributed by atoms with Crippen molar-refractivity contribution < 1.29 is 9.13 Å². The number of ether oxygens (including phenoxy) is 1. The van der Waals surface area contributed by atoms with Gasteiger partial charge in [0.2, 0.25) is 0 Å². The van der Waals surface area contributed by atoms with E-state index in [9.17, 15) is 4.39 Å². The van der Waals surface area contributed by atoms with Crippen molar-refractivity contribution in [2.45, 2.75) is 18.9 Å². The molecule has 0 spiro atoms. The molecule has 0 unspecified atom stereocenters. The van der Waals surface area contributed by atoms with Crippen molar-refractivity contribution >= 4 is 5.82 Å². The van der Waals surface area contributed by atoms with Crippen LogP contribution in [0.1, 0.15) is 12.8 Å². The summed E-state index contributed by atoms with van der Waals surface area (Å²) in [6.45, 7) is 0. The van der Waals surface area contributed by atoms with Crippen LogP contribution in [0.25, 0.3) is 0 Å². The zero-order chi connectivity index (χ0) is 9.26. The monoisotopic (exact) mass is 182 g/mol. The fraction of sp³-hybridized carbons (Fsp3) is 0.444. The molecular formula is C9H11FN2O. The van der Waals surface area contributed by atoms with Gasteiger partial charge in [-0.1, -0.05) is 0 Å². The average Bonchev–Trinajstić information content (AvgIpc) is 2.93. The van der Waals surface area contributed by atoms with Gasteiger partial charge in [0.25, 0.3) is 0 Å². The van der Waals surface area contributed by atoms with Crippen molar-refractivity contribution in [2.75, 3.05) is 12.4 Å². The van der Waals surface area contributed by atoms with Crippen molar-refractivity contribution in [3.63, 3.8) is 0 Å². The van der Waals surface area contributed by atoms with Gasteiger partial charge in [0.1, 0.15) is 5.82 Å². The van der Waals surface area contributed by atoms with Gasteiger partial charge >= 0.3 is 0 Å². The molecule has 3 nitrogen and oxygen atoms in total. The second-order valence-electron chi connectivity index (χ2n) is 3.07. The molecule has 1 aliphatic rings. The van der Waals surface area contributed by atoms with E-state index in [2.05, 4.69) is 10.3 Å². The van der Waals surface area contributed by atoms with Crippen LogP contribution in [0.4, 0.5) is 10.2 Å². The number of aromatic nitrogens is 1. The highest BCUT2D eigenvalue weighted by atomic mass is 19.1. The summed E-state index contributed by atoms with van der Waals surface area (Å²) in [5.41, 5.74) is 0. The van der Waals surface area contributed by atoms with Crippen LogP contribution in [0.2, 0.25) is 0 Å². The average molecular weight is 182 g/mol. The van der Waals surface area contributed by atoms with Crippen LogP contribution in [0.3, 0.4) is 0 Å². The Morgan fingerprint density at radius 1 is 1.62 bits per heavy atom. The molecule has 1 heterocycles. The molecular weight excluding hydrogens is 171 g/mol. The van der Waals surface area contributed by atoms with E-state index < -0.39 is 5.82 Å². The molecule has 1 fully saturated rings. The third-order valence-corrected chi connectivity index (χ3v) is 1.89. The van der Waals surface area contributed by atoms with E-state index in [0.29, 0.717) is 11.6 Å². The zero-order valence-corrected chi connectivity index (χ0v) is 7.38. The first-order chi connectivity index (χ1) is 6.29. The normalized spacial score (nSPS) is 15.5. The third kappa shape index (κ3) is 1.88. The summed E-state index contributed by atoms with van der Waals surface area (Å²) in [5.74, 6) is 0.518. The largest absolute Gasteiger partial charge is 0.487 e. The summed E-state index contributed by atoms with van der Waals surface area (Å²) in [6, 6.07) is 1.58. The quantitative estimate of drug-likeness (QED) is 0.774. The van der Waals surface area contributed by atoms with Crippen LogP contribution in [0, 0.1) is 5.82 Å². The predicted molar refractivity (Wildman–Crippen MR) is 47.4 cm³/mol. The molecule has 0 aromatic carbocycles. The molecule has 0 aliphatic heterocycles. The summed E-state index contributed by atoms with van der Waals surface area (Å²) in [6.07, 6.45) is 3.43. The molecule has 0 radical (unpaired) electrons. The minimum atomic E-state index is -0.397. The minimum Gasteiger partial charge on any atom is -0.487 e. The van der Waals surface area contributed by atoms with Crippen LogP contribution >= 0.6 is 0 Å². The highest BCUT2D eigenvalue weighted by Gasteiger charge is 2.24. The summed E-state index contributed by atoms with van der Waals surface area (Å²) in [4.78, 5) is 3.82. The molecule has 0 atom stereocenters. The number of hydrogen-bond acceptors (Lipinski definition) is 3. The molecule has 0 amide bonds. The Labute approximate surface area is 75.9 Å². The topological polar surface area (TPSA) is 34.1 Å². The van der Waals surface area contributed by atoms with E-state index >= 15 is 0 Å². The molecule has 0 bridgehead atoms. The molecule has 70 valence electrons. The van der Waals surface area contributed by atoms with Crippen LogP contribution < -0.4 is 10.1 Å². The Morgan fingerprint density at radius 3 is 3.00 bits per heavy atom. The smallest absolute Gasteiger partial charge is 0.183 e. The number of hydrogen-bond donors (Lipinski definition) is 1. The van der Waals surface area contributed by atoms with Gasteiger partial charge < -0.3 is 10.1 Å². The van der Waals surface area contributed by atoms with Gasteiger partial charge in [-0.15, -0.1) is 0 Å². The fourth-order valence-electron chi connectivity index (χ4n) is 1.01. The molecule has 1 aromatic heterocycles. The summed E-state index contributed by atoms with van der Waals surface area (Å²) in [5, 5.41) is 2.83. The Morgan fingerprint density at radius 2 is 2.38 bits per heavy atom. The molecule has 4 heteroatoms. The van der Waals surface area contributed by atoms with Crippen molar-refractivity contribution in [1.82, 2.24) is 4.98 Å². The van der Waals surface area contributed by atoms with Crippen molar-refractivity contribution in [3.8, 4) is 5.75 Å². The number of pyridine rings is 1. The SMILES string of the molecule is CNc1cc(OC2CC2)c(F)cn1. The van der Waals surface area contributed by atoms with E-state index in [1.54, 1.807) is 13.1 Å². The first kappa shape index (κ1) is 8.29. The summed E-state index contributed by atoms with van der Waals surface area (Å²) >= 11 is 0. The first-order valence-corrected chi connectivity index (χ1v) is 4.29. The zero-order valence-electron chi connectivity index (χ0n) is 7.38. The van der Waals surface area contributed by atoms with Crippen LogP contribution in [-0.2, 0) is 0 Å². The van der Waals surface area contributed by atoms with Gasteiger partial charge in [-0.25, -0.2) is 9.37 Å². The van der Waals surface area contributed by atoms with Crippen molar-refractivity contribution in [3.05, 3.63) is 18.1 Å². The third-order valence-electron chi connectivity index (χ3n) is 1.89. The molecule has 2 rings (SSSR count). The Balaban J connectivity index is 2.19. The number of rotatable bonds is 3.